The molecule has 124 valence electrons. The molecule has 1 aromatic carbocycles. The average Bonchev–Trinajstić information content (AvgIpc) is 3.00. The van der Waals surface area contributed by atoms with Crippen LogP contribution < -0.4 is 11.1 Å². The highest BCUT2D eigenvalue weighted by molar-refractivity contribution is 8.13. The smallest absolute Gasteiger partial charge is 0.224 e. The Bertz CT molecular complexity index is 610. The van der Waals surface area contributed by atoms with Gasteiger partial charge in [0.1, 0.15) is 0 Å². The predicted octanol–water partition coefficient (Wildman–Crippen LogP) is 3.87. The molecule has 23 heavy (non-hydrogen) atoms. The van der Waals surface area contributed by atoms with Crippen molar-refractivity contribution in [2.24, 2.45) is 16.6 Å². The normalized spacial score (nSPS) is 25.2. The molecule has 4 nitrogen and oxygen atoms in total. The molecule has 3 rings (SSSR count). The van der Waals surface area contributed by atoms with Crippen molar-refractivity contribution >= 4 is 28.5 Å². The van der Waals surface area contributed by atoms with Gasteiger partial charge in [-0.1, -0.05) is 36.7 Å². The third kappa shape index (κ3) is 4.08. The van der Waals surface area contributed by atoms with Crippen molar-refractivity contribution in [2.75, 3.05) is 11.1 Å². The van der Waals surface area contributed by atoms with Crippen molar-refractivity contribution < 1.29 is 4.79 Å². The third-order valence-corrected chi connectivity index (χ3v) is 5.71. The first kappa shape index (κ1) is 16.4. The molecule has 1 amide bonds. The summed E-state index contributed by atoms with van der Waals surface area (Å²) in [5.41, 5.74) is 7.58. The maximum absolute atomic E-state index is 12.2. The van der Waals surface area contributed by atoms with Gasteiger partial charge in [-0.3, -0.25) is 9.79 Å². The summed E-state index contributed by atoms with van der Waals surface area (Å²) in [6.45, 7) is 2.11. The van der Waals surface area contributed by atoms with Gasteiger partial charge in [-0.05, 0) is 49.8 Å². The van der Waals surface area contributed by atoms with Crippen LogP contribution in [0.25, 0.3) is 0 Å². The quantitative estimate of drug-likeness (QED) is 0.880. The number of amides is 1. The van der Waals surface area contributed by atoms with Gasteiger partial charge in [0.15, 0.2) is 5.17 Å². The van der Waals surface area contributed by atoms with Crippen molar-refractivity contribution in [3.8, 4) is 0 Å². The largest absolute Gasteiger partial charge is 0.379 e. The lowest BCUT2D eigenvalue weighted by molar-refractivity contribution is -0.117. The second kappa shape index (κ2) is 6.95. The second-order valence-electron chi connectivity index (χ2n) is 6.81. The summed E-state index contributed by atoms with van der Waals surface area (Å²) >= 11 is 1.61. The van der Waals surface area contributed by atoms with E-state index in [1.807, 2.05) is 18.2 Å². The fraction of sp³-hybridized carbons (Fsp3) is 0.556. The minimum absolute atomic E-state index is 0.126. The predicted molar refractivity (Wildman–Crippen MR) is 97.7 cm³/mol. The maximum Gasteiger partial charge on any atom is 0.224 e. The van der Waals surface area contributed by atoms with Crippen LogP contribution in [0.4, 0.5) is 5.69 Å². The Morgan fingerprint density at radius 3 is 2.96 bits per heavy atom. The Balaban J connectivity index is 1.69. The molecule has 1 saturated carbocycles. The number of amidine groups is 1. The molecular weight excluding hydrogens is 306 g/mol. The van der Waals surface area contributed by atoms with E-state index in [9.17, 15) is 4.79 Å². The minimum atomic E-state index is -0.290. The number of nitrogens with two attached hydrogens (primary N) is 1. The molecule has 1 atom stereocenters. The molecule has 1 aromatic rings. The lowest BCUT2D eigenvalue weighted by atomic mass is 9.89. The van der Waals surface area contributed by atoms with E-state index in [2.05, 4.69) is 23.3 Å². The Morgan fingerprint density at radius 1 is 1.43 bits per heavy atom. The van der Waals surface area contributed by atoms with Crippen LogP contribution in [0.3, 0.4) is 0 Å². The number of carbonyl (C=O) groups is 1. The van der Waals surface area contributed by atoms with E-state index >= 15 is 0 Å². The third-order valence-electron chi connectivity index (χ3n) is 4.91. The first-order valence-electron chi connectivity index (χ1n) is 8.44. The summed E-state index contributed by atoms with van der Waals surface area (Å²) in [5.74, 6) is 1.67. The average molecular weight is 331 g/mol. The van der Waals surface area contributed by atoms with Crippen LogP contribution in [-0.4, -0.2) is 16.8 Å². The van der Waals surface area contributed by atoms with Gasteiger partial charge in [0, 0.05) is 17.9 Å². The van der Waals surface area contributed by atoms with Gasteiger partial charge in [0.05, 0.1) is 5.54 Å². The van der Waals surface area contributed by atoms with Crippen molar-refractivity contribution in [2.45, 2.75) is 51.0 Å². The van der Waals surface area contributed by atoms with Crippen LogP contribution in [0, 0.1) is 5.92 Å². The highest BCUT2D eigenvalue weighted by atomic mass is 32.2. The minimum Gasteiger partial charge on any atom is -0.379 e. The summed E-state index contributed by atoms with van der Waals surface area (Å²) in [6, 6.07) is 8.04. The molecule has 3 N–H and O–H groups in total. The number of nitrogens with zero attached hydrogens (tertiary/aromatic N) is 1. The number of aliphatic imine (C=N–C) groups is 1. The number of hydrogen-bond donors (Lipinski definition) is 2. The van der Waals surface area contributed by atoms with Crippen LogP contribution in [-0.2, 0) is 10.3 Å². The molecule has 2 aliphatic rings. The van der Waals surface area contributed by atoms with Crippen molar-refractivity contribution in [3.63, 3.8) is 0 Å². The molecule has 1 heterocycles. The zero-order chi connectivity index (χ0) is 16.3. The van der Waals surface area contributed by atoms with Gasteiger partial charge in [-0.25, -0.2) is 0 Å². The van der Waals surface area contributed by atoms with E-state index in [4.69, 9.17) is 5.73 Å². The molecule has 0 bridgehead atoms. The number of thioether (sulfide) groups is 1. The number of hydrogen-bond acceptors (Lipinski definition) is 4. The maximum atomic E-state index is 12.2. The van der Waals surface area contributed by atoms with Crippen LogP contribution in [0.5, 0.6) is 0 Å². The summed E-state index contributed by atoms with van der Waals surface area (Å²) in [5, 5.41) is 3.70. The van der Waals surface area contributed by atoms with Gasteiger partial charge in [0.25, 0.3) is 0 Å². The van der Waals surface area contributed by atoms with Crippen molar-refractivity contribution in [3.05, 3.63) is 29.8 Å². The highest BCUT2D eigenvalue weighted by Crippen LogP contribution is 2.36. The van der Waals surface area contributed by atoms with E-state index in [-0.39, 0.29) is 11.4 Å². The van der Waals surface area contributed by atoms with Crippen molar-refractivity contribution in [1.29, 1.82) is 0 Å². The molecule has 5 heteroatoms. The van der Waals surface area contributed by atoms with Gasteiger partial charge >= 0.3 is 0 Å². The molecule has 0 spiro atoms. The number of anilines is 1. The number of rotatable bonds is 4. The number of nitrogens with one attached hydrogen (secondary N) is 1. The molecule has 1 fully saturated rings. The Hall–Kier alpha value is -1.49. The Morgan fingerprint density at radius 2 is 2.22 bits per heavy atom. The number of benzene rings is 1. The van der Waals surface area contributed by atoms with E-state index in [1.54, 1.807) is 11.8 Å². The zero-order valence-corrected chi connectivity index (χ0v) is 14.5. The topological polar surface area (TPSA) is 67.5 Å². The highest BCUT2D eigenvalue weighted by Gasteiger charge is 2.29. The molecule has 0 saturated heterocycles. The van der Waals surface area contributed by atoms with Gasteiger partial charge in [-0.15, -0.1) is 0 Å². The van der Waals surface area contributed by atoms with Gasteiger partial charge < -0.3 is 11.1 Å². The van der Waals surface area contributed by atoms with Crippen LogP contribution >= 0.6 is 11.8 Å². The van der Waals surface area contributed by atoms with Crippen molar-refractivity contribution in [1.82, 2.24) is 0 Å². The summed E-state index contributed by atoms with van der Waals surface area (Å²) in [7, 11) is 0. The summed E-state index contributed by atoms with van der Waals surface area (Å²) in [6.07, 6.45) is 6.52. The van der Waals surface area contributed by atoms with E-state index in [0.29, 0.717) is 17.5 Å². The molecule has 0 radical (unpaired) electrons. The number of carbonyl (C=O) groups excluding carboxylic acids is 1. The molecule has 1 unspecified atom stereocenters. The Labute approximate surface area is 142 Å². The molecule has 1 aliphatic heterocycles. The van der Waals surface area contributed by atoms with Gasteiger partial charge in [-0.2, -0.15) is 0 Å². The standard InChI is InChI=1S/C18H25N3OS/c1-18(9-10-23-17(19)21-18)14-7-4-8-15(12-14)20-16(22)11-13-5-2-3-6-13/h4,7-8,12-13H,2-3,5-6,9-11H2,1H3,(H2,19,21)(H,20,22). The van der Waals surface area contributed by atoms with E-state index in [1.165, 1.54) is 25.7 Å². The van der Waals surface area contributed by atoms with E-state index in [0.717, 1.165) is 23.4 Å². The molecule has 0 aromatic heterocycles. The van der Waals surface area contributed by atoms with E-state index < -0.39 is 0 Å². The van der Waals surface area contributed by atoms with Gasteiger partial charge in [0.2, 0.25) is 5.91 Å². The van der Waals surface area contributed by atoms with Crippen LogP contribution in [0.1, 0.15) is 51.0 Å². The monoisotopic (exact) mass is 331 g/mol. The fourth-order valence-corrected chi connectivity index (χ4v) is 4.49. The first-order chi connectivity index (χ1) is 11.0. The lowest BCUT2D eigenvalue weighted by Crippen LogP contribution is -2.28. The SMILES string of the molecule is CC1(c2cccc(NC(=O)CC3CCCC3)c2)CCSC(N)=N1. The first-order valence-corrected chi connectivity index (χ1v) is 9.42. The lowest BCUT2D eigenvalue weighted by Gasteiger charge is -2.30. The molecular formula is C18H25N3OS. The molecule has 1 aliphatic carbocycles. The zero-order valence-electron chi connectivity index (χ0n) is 13.7. The summed E-state index contributed by atoms with van der Waals surface area (Å²) in [4.78, 5) is 16.9. The second-order valence-corrected chi connectivity index (χ2v) is 7.92. The van der Waals surface area contributed by atoms with Crippen LogP contribution in [0.15, 0.2) is 29.3 Å². The summed E-state index contributed by atoms with van der Waals surface area (Å²) < 4.78 is 0. The fourth-order valence-electron chi connectivity index (χ4n) is 3.52. The van der Waals surface area contributed by atoms with Crippen LogP contribution in [0.2, 0.25) is 0 Å². The Kier molecular flexibility index (Phi) is 4.95.